The molecule has 2 aromatic carbocycles. The molecule has 31 heavy (non-hydrogen) atoms. The molecule has 3 rings (SSSR count). The van der Waals surface area contributed by atoms with E-state index in [2.05, 4.69) is 5.32 Å². The van der Waals surface area contributed by atoms with Crippen molar-refractivity contribution in [2.45, 2.75) is 37.1 Å². The zero-order valence-electron chi connectivity index (χ0n) is 18.0. The molecule has 0 radical (unpaired) electrons. The number of nitrogens with zero attached hydrogens (tertiary/aromatic N) is 1. The first-order chi connectivity index (χ1) is 14.9. The number of piperidine rings is 1. The number of sulfonamides is 1. The van der Waals surface area contributed by atoms with Gasteiger partial charge in [0, 0.05) is 31.6 Å². The van der Waals surface area contributed by atoms with Gasteiger partial charge >= 0.3 is 0 Å². The highest BCUT2D eigenvalue weighted by molar-refractivity contribution is 7.89. The molecule has 0 bridgehead atoms. The van der Waals surface area contributed by atoms with Crippen LogP contribution in [0.25, 0.3) is 0 Å². The summed E-state index contributed by atoms with van der Waals surface area (Å²) in [4.78, 5) is 12.7. The number of methoxy groups -OCH3 is 2. The Labute approximate surface area is 184 Å². The number of carbonyl (C=O) groups excluding carboxylic acids is 1. The highest BCUT2D eigenvalue weighted by Crippen LogP contribution is 2.27. The van der Waals surface area contributed by atoms with E-state index in [1.54, 1.807) is 48.9 Å². The Morgan fingerprint density at radius 1 is 1.06 bits per heavy atom. The van der Waals surface area contributed by atoms with Crippen LogP contribution in [0, 0.1) is 5.92 Å². The van der Waals surface area contributed by atoms with Crippen LogP contribution in [0.2, 0.25) is 0 Å². The number of hydrogen-bond donors (Lipinski definition) is 1. The summed E-state index contributed by atoms with van der Waals surface area (Å²) >= 11 is 0. The lowest BCUT2D eigenvalue weighted by Crippen LogP contribution is -2.38. The summed E-state index contributed by atoms with van der Waals surface area (Å²) in [5, 5.41) is 2.94. The quantitative estimate of drug-likeness (QED) is 0.639. The lowest BCUT2D eigenvalue weighted by Gasteiger charge is -2.31. The number of amides is 1. The normalized spacial score (nSPS) is 15.4. The van der Waals surface area contributed by atoms with Crippen LogP contribution in [0.5, 0.6) is 11.5 Å². The molecule has 1 amide bonds. The van der Waals surface area contributed by atoms with E-state index < -0.39 is 10.0 Å². The van der Waals surface area contributed by atoms with Gasteiger partial charge in [-0.1, -0.05) is 18.2 Å². The van der Waals surface area contributed by atoms with E-state index in [4.69, 9.17) is 9.47 Å². The molecule has 0 spiro atoms. The lowest BCUT2D eigenvalue weighted by molar-refractivity contribution is -0.121. The Bertz CT molecular complexity index is 971. The van der Waals surface area contributed by atoms with E-state index in [1.165, 1.54) is 0 Å². The van der Waals surface area contributed by atoms with E-state index in [0.717, 1.165) is 24.8 Å². The van der Waals surface area contributed by atoms with Gasteiger partial charge in [0.2, 0.25) is 15.9 Å². The minimum absolute atomic E-state index is 0.0239. The zero-order valence-corrected chi connectivity index (χ0v) is 18.9. The molecule has 0 aliphatic carbocycles. The maximum atomic E-state index is 12.7. The largest absolute Gasteiger partial charge is 0.497 e. The summed E-state index contributed by atoms with van der Waals surface area (Å²) in [6.45, 7) is 1.35. The highest BCUT2D eigenvalue weighted by Gasteiger charge is 2.29. The maximum absolute atomic E-state index is 12.7. The van der Waals surface area contributed by atoms with Crippen molar-refractivity contribution in [3.8, 4) is 11.5 Å². The van der Waals surface area contributed by atoms with Crippen molar-refractivity contribution in [2.24, 2.45) is 5.92 Å². The average molecular weight is 447 g/mol. The molecule has 0 unspecified atom stereocenters. The van der Waals surface area contributed by atoms with Crippen LogP contribution in [-0.4, -0.2) is 45.9 Å². The molecule has 0 saturated carbocycles. The van der Waals surface area contributed by atoms with Gasteiger partial charge in [-0.3, -0.25) is 4.79 Å². The molecule has 0 aromatic heterocycles. The molecular formula is C23H30N2O5S. The van der Waals surface area contributed by atoms with Gasteiger partial charge in [0.1, 0.15) is 11.5 Å². The molecule has 1 aliphatic heterocycles. The molecule has 1 saturated heterocycles. The summed E-state index contributed by atoms with van der Waals surface area (Å²) in [7, 11) is -0.244. The number of benzene rings is 2. The van der Waals surface area contributed by atoms with E-state index in [0.29, 0.717) is 48.4 Å². The molecule has 1 aliphatic rings. The van der Waals surface area contributed by atoms with Crippen molar-refractivity contribution >= 4 is 15.9 Å². The molecule has 7 nitrogen and oxygen atoms in total. The monoisotopic (exact) mass is 446 g/mol. The Morgan fingerprint density at radius 3 is 2.42 bits per heavy atom. The molecule has 1 fully saturated rings. The summed E-state index contributed by atoms with van der Waals surface area (Å²) < 4.78 is 37.6. The Balaban J connectivity index is 1.44. The van der Waals surface area contributed by atoms with Crippen molar-refractivity contribution in [1.82, 2.24) is 9.62 Å². The smallest absolute Gasteiger partial charge is 0.243 e. The first-order valence-electron chi connectivity index (χ1n) is 10.5. The summed E-state index contributed by atoms with van der Waals surface area (Å²) in [6, 6.07) is 14.0. The standard InChI is InChI=1S/C23H30N2O5S/c1-29-20-9-10-22(30-2)19(16-20)17-24-23(26)11-8-18-12-14-25(15-13-18)31(27,28)21-6-4-3-5-7-21/h3-7,9-10,16,18H,8,11-15,17H2,1-2H3,(H,24,26). The number of carbonyl (C=O) groups is 1. The Kier molecular flexibility index (Phi) is 7.92. The van der Waals surface area contributed by atoms with Crippen LogP contribution in [0.4, 0.5) is 0 Å². The fourth-order valence-corrected chi connectivity index (χ4v) is 5.31. The first-order valence-corrected chi connectivity index (χ1v) is 11.9. The lowest BCUT2D eigenvalue weighted by atomic mass is 9.93. The van der Waals surface area contributed by atoms with Gasteiger partial charge in [0.25, 0.3) is 0 Å². The van der Waals surface area contributed by atoms with Gasteiger partial charge in [-0.2, -0.15) is 4.31 Å². The van der Waals surface area contributed by atoms with Crippen LogP contribution in [0.3, 0.4) is 0 Å². The topological polar surface area (TPSA) is 84.9 Å². The number of nitrogens with one attached hydrogen (secondary N) is 1. The molecular weight excluding hydrogens is 416 g/mol. The van der Waals surface area contributed by atoms with Crippen molar-refractivity contribution < 1.29 is 22.7 Å². The van der Waals surface area contributed by atoms with Crippen LogP contribution in [-0.2, 0) is 21.4 Å². The van der Waals surface area contributed by atoms with Gasteiger partial charge in [0.05, 0.1) is 19.1 Å². The van der Waals surface area contributed by atoms with Gasteiger partial charge in [0.15, 0.2) is 0 Å². The molecule has 2 aromatic rings. The van der Waals surface area contributed by atoms with Gasteiger partial charge in [-0.15, -0.1) is 0 Å². The van der Waals surface area contributed by atoms with Crippen molar-refractivity contribution in [3.63, 3.8) is 0 Å². The van der Waals surface area contributed by atoms with Gasteiger partial charge in [-0.25, -0.2) is 8.42 Å². The average Bonchev–Trinajstić information content (AvgIpc) is 2.82. The van der Waals surface area contributed by atoms with E-state index in [9.17, 15) is 13.2 Å². The third kappa shape index (κ3) is 5.98. The number of hydrogen-bond acceptors (Lipinski definition) is 5. The van der Waals surface area contributed by atoms with Crippen LogP contribution < -0.4 is 14.8 Å². The molecule has 8 heteroatoms. The van der Waals surface area contributed by atoms with E-state index in [1.807, 2.05) is 18.2 Å². The molecule has 1 heterocycles. The predicted octanol–water partition coefficient (Wildman–Crippen LogP) is 3.20. The summed E-state index contributed by atoms with van der Waals surface area (Å²) in [6.07, 6.45) is 2.70. The third-order valence-corrected chi connectivity index (χ3v) is 7.61. The Hall–Kier alpha value is -2.58. The van der Waals surface area contributed by atoms with Crippen molar-refractivity contribution in [2.75, 3.05) is 27.3 Å². The third-order valence-electron chi connectivity index (χ3n) is 5.70. The van der Waals surface area contributed by atoms with Crippen molar-refractivity contribution in [1.29, 1.82) is 0 Å². The second kappa shape index (κ2) is 10.6. The maximum Gasteiger partial charge on any atom is 0.243 e. The van der Waals surface area contributed by atoms with Gasteiger partial charge in [-0.05, 0) is 55.5 Å². The fraction of sp³-hybridized carbons (Fsp3) is 0.435. The molecule has 1 N–H and O–H groups in total. The SMILES string of the molecule is COc1ccc(OC)c(CNC(=O)CCC2CCN(S(=O)(=O)c3ccccc3)CC2)c1. The molecule has 0 atom stereocenters. The van der Waals surface area contributed by atoms with Crippen LogP contribution in [0.1, 0.15) is 31.2 Å². The van der Waals surface area contributed by atoms with Crippen LogP contribution in [0.15, 0.2) is 53.4 Å². The predicted molar refractivity (Wildman–Crippen MR) is 119 cm³/mol. The van der Waals surface area contributed by atoms with Gasteiger partial charge < -0.3 is 14.8 Å². The summed E-state index contributed by atoms with van der Waals surface area (Å²) in [5.74, 6) is 1.74. The van der Waals surface area contributed by atoms with Crippen LogP contribution >= 0.6 is 0 Å². The zero-order chi connectivity index (χ0) is 22.3. The Morgan fingerprint density at radius 2 is 1.77 bits per heavy atom. The number of ether oxygens (including phenoxy) is 2. The highest BCUT2D eigenvalue weighted by atomic mass is 32.2. The summed E-state index contributed by atoms with van der Waals surface area (Å²) in [5.41, 5.74) is 0.856. The van der Waals surface area contributed by atoms with E-state index in [-0.39, 0.29) is 5.91 Å². The minimum atomic E-state index is -3.44. The van der Waals surface area contributed by atoms with Crippen molar-refractivity contribution in [3.05, 3.63) is 54.1 Å². The second-order valence-corrected chi connectivity index (χ2v) is 9.59. The minimum Gasteiger partial charge on any atom is -0.497 e. The first kappa shape index (κ1) is 23.1. The fourth-order valence-electron chi connectivity index (χ4n) is 3.82. The second-order valence-electron chi connectivity index (χ2n) is 7.65. The molecule has 168 valence electrons. The number of rotatable bonds is 9. The van der Waals surface area contributed by atoms with E-state index >= 15 is 0 Å².